The van der Waals surface area contributed by atoms with Gasteiger partial charge in [0.15, 0.2) is 0 Å². The molecular weight excluding hydrogens is 516 g/mol. The van der Waals surface area contributed by atoms with Crippen molar-refractivity contribution in [2.45, 2.75) is 112 Å². The molecule has 0 amide bonds. The van der Waals surface area contributed by atoms with Crippen LogP contribution in [0.25, 0.3) is 0 Å². The van der Waals surface area contributed by atoms with Crippen LogP contribution in [0.15, 0.2) is 71.6 Å². The zero-order valence-corrected chi connectivity index (χ0v) is 26.0. The van der Waals surface area contributed by atoms with E-state index in [0.29, 0.717) is 18.4 Å². The minimum absolute atomic E-state index is 0.0945. The normalized spacial score (nSPS) is 12.7. The second-order valence-corrected chi connectivity index (χ2v) is 9.88. The Labute approximate surface area is 248 Å². The third kappa shape index (κ3) is 25.1. The standard InChI is InChI=1S/C35H50O6/c1-7-8-9-10-11-12-13-14-15-16-17-18-19-23-35(38)39-27-26-33(28-40-31(5)36)34(41-32(6)37)25-24-30(4)22-20-21-29(2)3/h8-9,11-12,14-15,21,24,28,34H,7,10,13,16-19,23,25-27H2,1-6H3/b9-8+,12-11+,15-14-,30-24+,33-28-. The lowest BCUT2D eigenvalue weighted by atomic mass is 10.0. The number of unbranched alkanes of at least 4 members (excludes halogenated alkanes) is 3. The summed E-state index contributed by atoms with van der Waals surface area (Å²) in [6.45, 7) is 10.6. The second kappa shape index (κ2) is 25.4. The number of carbonyl (C=O) groups excluding carboxylic acids is 3. The lowest BCUT2D eigenvalue weighted by molar-refractivity contribution is -0.146. The van der Waals surface area contributed by atoms with E-state index in [-0.39, 0.29) is 19.0 Å². The topological polar surface area (TPSA) is 78.9 Å². The van der Waals surface area contributed by atoms with E-state index in [2.05, 4.69) is 55.2 Å². The molecule has 0 radical (unpaired) electrons. The number of rotatable bonds is 19. The van der Waals surface area contributed by atoms with Gasteiger partial charge in [-0.1, -0.05) is 73.3 Å². The summed E-state index contributed by atoms with van der Waals surface area (Å²) in [6.07, 6.45) is 25.1. The summed E-state index contributed by atoms with van der Waals surface area (Å²) < 4.78 is 16.0. The fraction of sp³-hybridized carbons (Fsp3) is 0.514. The molecule has 0 bridgehead atoms. The zero-order chi connectivity index (χ0) is 30.7. The van der Waals surface area contributed by atoms with Gasteiger partial charge in [-0.2, -0.15) is 0 Å². The van der Waals surface area contributed by atoms with Crippen LogP contribution in [0.2, 0.25) is 0 Å². The predicted octanol–water partition coefficient (Wildman–Crippen LogP) is 8.41. The Hall–Kier alpha value is -3.59. The van der Waals surface area contributed by atoms with Crippen LogP contribution in [-0.2, 0) is 28.6 Å². The molecular formula is C35H50O6. The summed E-state index contributed by atoms with van der Waals surface area (Å²) in [5, 5.41) is 0. The molecule has 0 aliphatic carbocycles. The van der Waals surface area contributed by atoms with Gasteiger partial charge in [0.1, 0.15) is 6.10 Å². The minimum atomic E-state index is -0.674. The maximum absolute atomic E-state index is 12.2. The molecule has 0 aliphatic heterocycles. The van der Waals surface area contributed by atoms with E-state index in [1.807, 2.05) is 32.9 Å². The molecule has 0 aromatic carbocycles. The SMILES string of the molecule is CC/C=C/C/C=C/C/C=C\CCCCCC(=O)OCC/C(=C/OC(C)=O)C(C/C=C(\C)C#CC=C(C)C)OC(C)=O. The molecule has 0 aromatic heterocycles. The Morgan fingerprint density at radius 2 is 1.49 bits per heavy atom. The number of allylic oxidation sites excluding steroid dienone is 9. The van der Waals surface area contributed by atoms with Gasteiger partial charge in [0.25, 0.3) is 0 Å². The monoisotopic (exact) mass is 566 g/mol. The highest BCUT2D eigenvalue weighted by atomic mass is 16.6. The molecule has 0 N–H and O–H groups in total. The Balaban J connectivity index is 4.69. The Morgan fingerprint density at radius 3 is 2.12 bits per heavy atom. The fourth-order valence-electron chi connectivity index (χ4n) is 3.45. The average molecular weight is 567 g/mol. The van der Waals surface area contributed by atoms with Crippen molar-refractivity contribution in [2.75, 3.05) is 6.61 Å². The van der Waals surface area contributed by atoms with Gasteiger partial charge >= 0.3 is 17.9 Å². The molecule has 0 saturated carbocycles. The Morgan fingerprint density at radius 1 is 0.805 bits per heavy atom. The van der Waals surface area contributed by atoms with Gasteiger partial charge in [-0.15, -0.1) is 0 Å². The first-order chi connectivity index (χ1) is 19.6. The first-order valence-corrected chi connectivity index (χ1v) is 14.6. The molecule has 0 aromatic rings. The molecule has 1 atom stereocenters. The average Bonchev–Trinajstić information content (AvgIpc) is 2.90. The van der Waals surface area contributed by atoms with E-state index in [1.165, 1.54) is 20.1 Å². The number of hydrogen-bond donors (Lipinski definition) is 0. The third-order valence-corrected chi connectivity index (χ3v) is 5.55. The molecule has 0 rings (SSSR count). The van der Waals surface area contributed by atoms with Crippen molar-refractivity contribution >= 4 is 17.9 Å². The minimum Gasteiger partial charge on any atom is -0.465 e. The van der Waals surface area contributed by atoms with E-state index < -0.39 is 18.0 Å². The summed E-state index contributed by atoms with van der Waals surface area (Å²) in [6, 6.07) is 0. The van der Waals surface area contributed by atoms with E-state index in [0.717, 1.165) is 56.1 Å². The second-order valence-electron chi connectivity index (χ2n) is 9.88. The van der Waals surface area contributed by atoms with Crippen LogP contribution in [0.1, 0.15) is 106 Å². The predicted molar refractivity (Wildman–Crippen MR) is 167 cm³/mol. The van der Waals surface area contributed by atoms with Gasteiger partial charge in [0, 0.05) is 38.7 Å². The molecule has 0 aliphatic rings. The van der Waals surface area contributed by atoms with Crippen molar-refractivity contribution in [1.29, 1.82) is 0 Å². The summed E-state index contributed by atoms with van der Waals surface area (Å²) in [5.41, 5.74) is 2.47. The van der Waals surface area contributed by atoms with Crippen molar-refractivity contribution in [1.82, 2.24) is 0 Å². The Kier molecular flexibility index (Phi) is 23.2. The maximum atomic E-state index is 12.2. The van der Waals surface area contributed by atoms with Crippen LogP contribution in [0.4, 0.5) is 0 Å². The lowest BCUT2D eigenvalue weighted by Crippen LogP contribution is -2.21. The van der Waals surface area contributed by atoms with Gasteiger partial charge in [0.05, 0.1) is 12.9 Å². The van der Waals surface area contributed by atoms with Crippen LogP contribution in [0.5, 0.6) is 0 Å². The number of hydrogen-bond acceptors (Lipinski definition) is 6. The smallest absolute Gasteiger partial charge is 0.307 e. The van der Waals surface area contributed by atoms with Gasteiger partial charge in [-0.25, -0.2) is 0 Å². The number of ether oxygens (including phenoxy) is 3. The van der Waals surface area contributed by atoms with E-state index >= 15 is 0 Å². The van der Waals surface area contributed by atoms with Crippen LogP contribution in [-0.4, -0.2) is 30.6 Å². The molecule has 0 saturated heterocycles. The van der Waals surface area contributed by atoms with Crippen molar-refractivity contribution in [3.63, 3.8) is 0 Å². The molecule has 6 heteroatoms. The molecule has 0 fully saturated rings. The van der Waals surface area contributed by atoms with Gasteiger partial charge in [0.2, 0.25) is 0 Å². The molecule has 226 valence electrons. The highest BCUT2D eigenvalue weighted by Crippen LogP contribution is 2.18. The maximum Gasteiger partial charge on any atom is 0.307 e. The van der Waals surface area contributed by atoms with Crippen LogP contribution >= 0.6 is 0 Å². The Bertz CT molecular complexity index is 1020. The van der Waals surface area contributed by atoms with E-state index in [4.69, 9.17) is 14.2 Å². The molecule has 6 nitrogen and oxygen atoms in total. The van der Waals surface area contributed by atoms with Gasteiger partial charge in [-0.05, 0) is 70.9 Å². The van der Waals surface area contributed by atoms with Crippen LogP contribution in [0.3, 0.4) is 0 Å². The van der Waals surface area contributed by atoms with Crippen molar-refractivity contribution < 1.29 is 28.6 Å². The quantitative estimate of drug-likeness (QED) is 0.0390. The molecule has 1 unspecified atom stereocenters. The fourth-order valence-corrected chi connectivity index (χ4v) is 3.45. The lowest BCUT2D eigenvalue weighted by Gasteiger charge is -2.19. The van der Waals surface area contributed by atoms with Crippen LogP contribution in [0, 0.1) is 11.8 Å². The third-order valence-electron chi connectivity index (χ3n) is 5.55. The first kappa shape index (κ1) is 37.4. The van der Waals surface area contributed by atoms with Crippen molar-refractivity contribution in [3.8, 4) is 11.8 Å². The molecule has 0 spiro atoms. The number of carbonyl (C=O) groups is 3. The van der Waals surface area contributed by atoms with Gasteiger partial charge < -0.3 is 14.2 Å². The molecule has 0 heterocycles. The largest absolute Gasteiger partial charge is 0.465 e. The van der Waals surface area contributed by atoms with Crippen molar-refractivity contribution in [3.05, 3.63) is 71.6 Å². The highest BCUT2D eigenvalue weighted by Gasteiger charge is 2.18. The van der Waals surface area contributed by atoms with Crippen LogP contribution < -0.4 is 0 Å². The summed E-state index contributed by atoms with van der Waals surface area (Å²) in [5.74, 6) is 4.77. The first-order valence-electron chi connectivity index (χ1n) is 14.6. The number of esters is 3. The van der Waals surface area contributed by atoms with E-state index in [1.54, 1.807) is 0 Å². The summed E-state index contributed by atoms with van der Waals surface area (Å²) >= 11 is 0. The zero-order valence-electron chi connectivity index (χ0n) is 26.0. The highest BCUT2D eigenvalue weighted by molar-refractivity contribution is 5.69. The molecule has 41 heavy (non-hydrogen) atoms. The van der Waals surface area contributed by atoms with Crippen molar-refractivity contribution in [2.24, 2.45) is 0 Å². The summed E-state index contributed by atoms with van der Waals surface area (Å²) in [4.78, 5) is 35.4. The van der Waals surface area contributed by atoms with Gasteiger partial charge in [-0.3, -0.25) is 14.4 Å². The van der Waals surface area contributed by atoms with E-state index in [9.17, 15) is 14.4 Å². The summed E-state index contributed by atoms with van der Waals surface area (Å²) in [7, 11) is 0.